The Kier molecular flexibility index (Phi) is 7.62. The summed E-state index contributed by atoms with van der Waals surface area (Å²) in [4.78, 5) is 18.1. The molecule has 0 aliphatic carbocycles. The van der Waals surface area contributed by atoms with Gasteiger partial charge in [-0.05, 0) is 30.3 Å². The van der Waals surface area contributed by atoms with Gasteiger partial charge in [-0.2, -0.15) is 0 Å². The minimum Gasteiger partial charge on any atom is -0.497 e. The largest absolute Gasteiger partial charge is 0.497 e. The van der Waals surface area contributed by atoms with E-state index in [1.54, 1.807) is 27.3 Å². The maximum Gasteiger partial charge on any atom is 0.243 e. The number of carbonyl (C=O) groups is 1. The fraction of sp³-hybridized carbons (Fsp3) is 0.300. The number of guanidine groups is 1. The zero-order valence-electron chi connectivity index (χ0n) is 16.5. The highest BCUT2D eigenvalue weighted by Crippen LogP contribution is 2.25. The van der Waals surface area contributed by atoms with Gasteiger partial charge in [-0.15, -0.1) is 0 Å². The van der Waals surface area contributed by atoms with Crippen molar-refractivity contribution < 1.29 is 18.7 Å². The Morgan fingerprint density at radius 2 is 1.96 bits per heavy atom. The molecule has 0 bridgehead atoms. The number of hydrogen-bond donors (Lipinski definition) is 2. The van der Waals surface area contributed by atoms with Crippen molar-refractivity contribution in [1.29, 1.82) is 0 Å². The van der Waals surface area contributed by atoms with Crippen LogP contribution in [0.3, 0.4) is 0 Å². The van der Waals surface area contributed by atoms with Gasteiger partial charge >= 0.3 is 0 Å². The van der Waals surface area contributed by atoms with Gasteiger partial charge in [0.05, 0.1) is 20.8 Å². The van der Waals surface area contributed by atoms with Gasteiger partial charge in [-0.25, -0.2) is 4.39 Å². The van der Waals surface area contributed by atoms with Crippen LogP contribution in [0.25, 0.3) is 0 Å². The van der Waals surface area contributed by atoms with Gasteiger partial charge in [0.15, 0.2) is 5.96 Å². The van der Waals surface area contributed by atoms with Crippen LogP contribution in [0.1, 0.15) is 5.56 Å². The van der Waals surface area contributed by atoms with Crippen LogP contribution in [0.4, 0.5) is 10.1 Å². The molecule has 0 aliphatic rings. The molecular formula is C20H25FN4O3. The third-order valence-corrected chi connectivity index (χ3v) is 3.99. The van der Waals surface area contributed by atoms with E-state index in [1.165, 1.54) is 18.2 Å². The fourth-order valence-corrected chi connectivity index (χ4v) is 2.63. The Balaban J connectivity index is 1.94. The Morgan fingerprint density at radius 3 is 2.61 bits per heavy atom. The minimum absolute atomic E-state index is 0.00667. The van der Waals surface area contributed by atoms with Crippen molar-refractivity contribution in [1.82, 2.24) is 10.2 Å². The first-order chi connectivity index (χ1) is 13.5. The highest BCUT2D eigenvalue weighted by Gasteiger charge is 2.12. The maximum atomic E-state index is 13.2. The lowest BCUT2D eigenvalue weighted by atomic mass is 10.2. The van der Waals surface area contributed by atoms with Crippen molar-refractivity contribution in [3.8, 4) is 11.5 Å². The van der Waals surface area contributed by atoms with Crippen LogP contribution < -0.4 is 20.1 Å². The van der Waals surface area contributed by atoms with Gasteiger partial charge in [-0.1, -0.05) is 6.07 Å². The molecule has 0 aliphatic heterocycles. The van der Waals surface area contributed by atoms with Crippen LogP contribution in [-0.4, -0.2) is 51.6 Å². The lowest BCUT2D eigenvalue weighted by Crippen LogP contribution is -2.42. The van der Waals surface area contributed by atoms with E-state index in [0.29, 0.717) is 29.7 Å². The van der Waals surface area contributed by atoms with Gasteiger partial charge < -0.3 is 25.0 Å². The summed E-state index contributed by atoms with van der Waals surface area (Å²) in [7, 11) is 6.68. The number of rotatable bonds is 7. The summed E-state index contributed by atoms with van der Waals surface area (Å²) in [5, 5.41) is 5.62. The topological polar surface area (TPSA) is 75.2 Å². The first-order valence-corrected chi connectivity index (χ1v) is 8.65. The highest BCUT2D eigenvalue weighted by molar-refractivity contribution is 5.94. The molecule has 2 aromatic rings. The Bertz CT molecular complexity index is 842. The SMILES string of the molecule is CN=C(NCC(=O)Nc1cccc(F)c1)N(C)Cc1ccc(OC)cc1OC. The molecule has 0 fully saturated rings. The molecule has 8 heteroatoms. The molecule has 28 heavy (non-hydrogen) atoms. The number of amides is 1. The smallest absolute Gasteiger partial charge is 0.243 e. The van der Waals surface area contributed by atoms with E-state index in [9.17, 15) is 9.18 Å². The predicted octanol–water partition coefficient (Wildman–Crippen LogP) is 2.49. The number of halogens is 1. The molecule has 1 amide bonds. The summed E-state index contributed by atoms with van der Waals surface area (Å²) in [5.41, 5.74) is 1.34. The predicted molar refractivity (Wildman–Crippen MR) is 107 cm³/mol. The number of ether oxygens (including phenoxy) is 2. The molecule has 0 heterocycles. The molecule has 0 spiro atoms. The van der Waals surface area contributed by atoms with Crippen molar-refractivity contribution in [2.24, 2.45) is 4.99 Å². The van der Waals surface area contributed by atoms with Crippen molar-refractivity contribution in [3.63, 3.8) is 0 Å². The van der Waals surface area contributed by atoms with E-state index in [2.05, 4.69) is 15.6 Å². The molecule has 0 atom stereocenters. The number of hydrogen-bond acceptors (Lipinski definition) is 4. The number of aliphatic imine (C=N–C) groups is 1. The molecule has 2 N–H and O–H groups in total. The first-order valence-electron chi connectivity index (χ1n) is 8.65. The molecule has 0 saturated carbocycles. The van der Waals surface area contributed by atoms with Crippen LogP contribution in [0.15, 0.2) is 47.5 Å². The monoisotopic (exact) mass is 388 g/mol. The third-order valence-electron chi connectivity index (χ3n) is 3.99. The van der Waals surface area contributed by atoms with Crippen LogP contribution in [0.2, 0.25) is 0 Å². The van der Waals surface area contributed by atoms with E-state index in [1.807, 2.05) is 30.1 Å². The zero-order valence-corrected chi connectivity index (χ0v) is 16.5. The Hall–Kier alpha value is -3.29. The van der Waals surface area contributed by atoms with Gasteiger partial charge in [0.1, 0.15) is 17.3 Å². The van der Waals surface area contributed by atoms with Crippen molar-refractivity contribution in [3.05, 3.63) is 53.8 Å². The van der Waals surface area contributed by atoms with E-state index < -0.39 is 5.82 Å². The lowest BCUT2D eigenvalue weighted by Gasteiger charge is -2.23. The summed E-state index contributed by atoms with van der Waals surface area (Å²) in [6.45, 7) is 0.506. The lowest BCUT2D eigenvalue weighted by molar-refractivity contribution is -0.115. The van der Waals surface area contributed by atoms with Crippen molar-refractivity contribution in [2.75, 3.05) is 40.2 Å². The van der Waals surface area contributed by atoms with Gasteiger partial charge in [0.25, 0.3) is 0 Å². The van der Waals surface area contributed by atoms with Crippen LogP contribution in [0, 0.1) is 5.82 Å². The van der Waals surface area contributed by atoms with E-state index in [-0.39, 0.29) is 12.5 Å². The Morgan fingerprint density at radius 1 is 1.18 bits per heavy atom. The van der Waals surface area contributed by atoms with Crippen molar-refractivity contribution in [2.45, 2.75) is 6.54 Å². The third kappa shape index (κ3) is 5.87. The summed E-state index contributed by atoms with van der Waals surface area (Å²) >= 11 is 0. The molecule has 7 nitrogen and oxygen atoms in total. The second kappa shape index (κ2) is 10.1. The number of carbonyl (C=O) groups excluding carboxylic acids is 1. The number of benzene rings is 2. The Labute approximate surface area is 164 Å². The summed E-state index contributed by atoms with van der Waals surface area (Å²) in [6, 6.07) is 11.3. The summed E-state index contributed by atoms with van der Waals surface area (Å²) in [5.74, 6) is 1.23. The van der Waals surface area contributed by atoms with Gasteiger partial charge in [0, 0.05) is 38.0 Å². The first kappa shape index (κ1) is 21.0. The molecule has 2 rings (SSSR count). The average molecular weight is 388 g/mol. The minimum atomic E-state index is -0.408. The molecule has 150 valence electrons. The highest BCUT2D eigenvalue weighted by atomic mass is 19.1. The summed E-state index contributed by atoms with van der Waals surface area (Å²) in [6.07, 6.45) is 0. The molecule has 0 unspecified atom stereocenters. The normalized spacial score (nSPS) is 11.0. The summed E-state index contributed by atoms with van der Waals surface area (Å²) < 4.78 is 23.8. The molecular weight excluding hydrogens is 363 g/mol. The standard InChI is InChI=1S/C20H25FN4O3/c1-22-20(23-12-19(26)24-16-7-5-6-15(21)10-16)25(2)13-14-8-9-17(27-3)11-18(14)28-4/h5-11H,12-13H2,1-4H3,(H,22,23)(H,24,26). The van der Waals surface area contributed by atoms with Crippen molar-refractivity contribution >= 4 is 17.6 Å². The maximum absolute atomic E-state index is 13.2. The van der Waals surface area contributed by atoms with Gasteiger partial charge in [-0.3, -0.25) is 9.79 Å². The quantitative estimate of drug-likeness (QED) is 0.563. The molecule has 0 aromatic heterocycles. The second-order valence-electron chi connectivity index (χ2n) is 5.99. The number of anilines is 1. The molecule has 0 saturated heterocycles. The number of methoxy groups -OCH3 is 2. The van der Waals surface area contributed by atoms with E-state index >= 15 is 0 Å². The van der Waals surface area contributed by atoms with E-state index in [0.717, 1.165) is 5.56 Å². The second-order valence-corrected chi connectivity index (χ2v) is 5.99. The van der Waals surface area contributed by atoms with Gasteiger partial charge in [0.2, 0.25) is 5.91 Å². The molecule has 2 aromatic carbocycles. The fourth-order valence-electron chi connectivity index (χ4n) is 2.63. The van der Waals surface area contributed by atoms with Crippen LogP contribution in [-0.2, 0) is 11.3 Å². The van der Waals surface area contributed by atoms with Crippen LogP contribution >= 0.6 is 0 Å². The zero-order chi connectivity index (χ0) is 20.5. The van der Waals surface area contributed by atoms with E-state index in [4.69, 9.17) is 9.47 Å². The molecule has 0 radical (unpaired) electrons. The number of nitrogens with one attached hydrogen (secondary N) is 2. The van der Waals surface area contributed by atoms with Crippen LogP contribution in [0.5, 0.6) is 11.5 Å². The average Bonchev–Trinajstić information content (AvgIpc) is 2.68. The number of nitrogens with zero attached hydrogens (tertiary/aromatic N) is 2.